The van der Waals surface area contributed by atoms with Crippen LogP contribution in [-0.4, -0.2) is 16.7 Å². The minimum Gasteiger partial charge on any atom is -0.444 e. The molecule has 1 N–H and O–H groups in total. The van der Waals surface area contributed by atoms with Crippen molar-refractivity contribution < 1.29 is 13.9 Å². The standard InChI is InChI=1S/C11H15FN2O2/c1-7-5-6-13-9(12)8(7)14-10(15)16-11(2,3)4/h5-6H,1-4H3,(H,14,15). The van der Waals surface area contributed by atoms with Crippen molar-refractivity contribution in [1.82, 2.24) is 4.98 Å². The predicted molar refractivity (Wildman–Crippen MR) is 58.8 cm³/mol. The summed E-state index contributed by atoms with van der Waals surface area (Å²) in [5.74, 6) is -0.717. The maximum Gasteiger partial charge on any atom is 0.412 e. The second-order valence-electron chi connectivity index (χ2n) is 4.42. The second kappa shape index (κ2) is 4.47. The lowest BCUT2D eigenvalue weighted by Crippen LogP contribution is -2.27. The molecule has 1 aromatic heterocycles. The van der Waals surface area contributed by atoms with E-state index in [0.29, 0.717) is 5.56 Å². The van der Waals surface area contributed by atoms with Crippen LogP contribution in [0.2, 0.25) is 0 Å². The highest BCUT2D eigenvalue weighted by atomic mass is 19.1. The molecule has 0 aliphatic heterocycles. The average Bonchev–Trinajstić information content (AvgIpc) is 2.08. The third-order valence-electron chi connectivity index (χ3n) is 1.74. The van der Waals surface area contributed by atoms with E-state index in [2.05, 4.69) is 10.3 Å². The first-order valence-corrected chi connectivity index (χ1v) is 4.91. The van der Waals surface area contributed by atoms with Gasteiger partial charge in [0.15, 0.2) is 0 Å². The Morgan fingerprint density at radius 3 is 2.62 bits per heavy atom. The van der Waals surface area contributed by atoms with E-state index in [-0.39, 0.29) is 5.69 Å². The Labute approximate surface area is 93.8 Å². The summed E-state index contributed by atoms with van der Waals surface area (Å²) in [6.07, 6.45) is 0.646. The zero-order valence-electron chi connectivity index (χ0n) is 9.80. The summed E-state index contributed by atoms with van der Waals surface area (Å²) >= 11 is 0. The van der Waals surface area contributed by atoms with E-state index in [1.54, 1.807) is 33.8 Å². The number of carbonyl (C=O) groups excluding carboxylic acids is 1. The van der Waals surface area contributed by atoms with Gasteiger partial charge in [-0.3, -0.25) is 5.32 Å². The van der Waals surface area contributed by atoms with Gasteiger partial charge in [-0.2, -0.15) is 4.39 Å². The molecule has 1 aromatic rings. The SMILES string of the molecule is Cc1ccnc(F)c1NC(=O)OC(C)(C)C. The minimum atomic E-state index is -0.717. The van der Waals surface area contributed by atoms with Crippen LogP contribution in [-0.2, 0) is 4.74 Å². The molecule has 16 heavy (non-hydrogen) atoms. The number of nitrogens with zero attached hydrogens (tertiary/aromatic N) is 1. The number of hydrogen-bond acceptors (Lipinski definition) is 3. The Balaban J connectivity index is 2.78. The molecule has 0 aliphatic rings. The molecule has 1 heterocycles. The number of carbonyl (C=O) groups is 1. The molecule has 0 atom stereocenters. The first-order chi connectivity index (χ1) is 7.29. The van der Waals surface area contributed by atoms with Gasteiger partial charge < -0.3 is 4.74 Å². The highest BCUT2D eigenvalue weighted by Gasteiger charge is 2.18. The molecule has 4 nitrogen and oxygen atoms in total. The molecule has 0 aliphatic carbocycles. The molecule has 0 bridgehead atoms. The van der Waals surface area contributed by atoms with Crippen LogP contribution in [0.4, 0.5) is 14.9 Å². The van der Waals surface area contributed by atoms with Crippen LogP contribution in [0.3, 0.4) is 0 Å². The van der Waals surface area contributed by atoms with Crippen LogP contribution in [0.1, 0.15) is 26.3 Å². The lowest BCUT2D eigenvalue weighted by Gasteiger charge is -2.20. The number of pyridine rings is 1. The number of rotatable bonds is 1. The van der Waals surface area contributed by atoms with Crippen LogP contribution in [0, 0.1) is 12.9 Å². The van der Waals surface area contributed by atoms with E-state index in [0.717, 1.165) is 0 Å². The molecule has 0 aromatic carbocycles. The molecule has 0 saturated carbocycles. The number of aromatic nitrogens is 1. The van der Waals surface area contributed by atoms with Crippen molar-refractivity contribution in [2.45, 2.75) is 33.3 Å². The smallest absolute Gasteiger partial charge is 0.412 e. The lowest BCUT2D eigenvalue weighted by molar-refractivity contribution is 0.0635. The molecule has 0 radical (unpaired) electrons. The third-order valence-corrected chi connectivity index (χ3v) is 1.74. The number of aryl methyl sites for hydroxylation is 1. The summed E-state index contributed by atoms with van der Waals surface area (Å²) < 4.78 is 18.3. The van der Waals surface area contributed by atoms with Crippen molar-refractivity contribution in [3.05, 3.63) is 23.8 Å². The van der Waals surface area contributed by atoms with Gasteiger partial charge in [-0.15, -0.1) is 0 Å². The molecule has 0 spiro atoms. The van der Waals surface area contributed by atoms with Gasteiger partial charge in [-0.05, 0) is 39.3 Å². The molecular weight excluding hydrogens is 211 g/mol. The van der Waals surface area contributed by atoms with Gasteiger partial charge in [0.25, 0.3) is 0 Å². The minimum absolute atomic E-state index is 0.0525. The maximum atomic E-state index is 13.3. The third kappa shape index (κ3) is 3.49. The Morgan fingerprint density at radius 1 is 1.50 bits per heavy atom. The van der Waals surface area contributed by atoms with Gasteiger partial charge >= 0.3 is 6.09 Å². The van der Waals surface area contributed by atoms with Crippen LogP contribution in [0.5, 0.6) is 0 Å². The van der Waals surface area contributed by atoms with Gasteiger partial charge in [0, 0.05) is 6.20 Å². The Hall–Kier alpha value is -1.65. The number of nitrogens with one attached hydrogen (secondary N) is 1. The maximum absolute atomic E-state index is 13.3. The summed E-state index contributed by atoms with van der Waals surface area (Å²) in [7, 11) is 0. The normalized spacial score (nSPS) is 11.1. The van der Waals surface area contributed by atoms with Crippen LogP contribution in [0.15, 0.2) is 12.3 Å². The Bertz CT molecular complexity index is 379. The fourth-order valence-corrected chi connectivity index (χ4v) is 1.08. The Morgan fingerprint density at radius 2 is 2.12 bits per heavy atom. The van der Waals surface area contributed by atoms with Gasteiger partial charge in [0.1, 0.15) is 11.3 Å². The molecule has 0 unspecified atom stereocenters. The van der Waals surface area contributed by atoms with Crippen molar-refractivity contribution >= 4 is 11.8 Å². The largest absolute Gasteiger partial charge is 0.444 e. The molecular formula is C11H15FN2O2. The topological polar surface area (TPSA) is 51.2 Å². The summed E-state index contributed by atoms with van der Waals surface area (Å²) in [6.45, 7) is 6.88. The van der Waals surface area contributed by atoms with E-state index in [1.165, 1.54) is 6.20 Å². The van der Waals surface area contributed by atoms with E-state index >= 15 is 0 Å². The zero-order valence-corrected chi connectivity index (χ0v) is 9.80. The van der Waals surface area contributed by atoms with Crippen molar-refractivity contribution in [2.75, 3.05) is 5.32 Å². The van der Waals surface area contributed by atoms with E-state index in [9.17, 15) is 9.18 Å². The number of ether oxygens (including phenoxy) is 1. The summed E-state index contributed by atoms with van der Waals surface area (Å²) in [5.41, 5.74) is 0.0338. The van der Waals surface area contributed by atoms with Gasteiger partial charge in [0.05, 0.1) is 0 Å². The predicted octanol–water partition coefficient (Wildman–Crippen LogP) is 2.88. The monoisotopic (exact) mass is 226 g/mol. The van der Waals surface area contributed by atoms with Crippen LogP contribution in [0.25, 0.3) is 0 Å². The van der Waals surface area contributed by atoms with Crippen molar-refractivity contribution in [1.29, 1.82) is 0 Å². The number of amides is 1. The molecule has 1 rings (SSSR count). The first-order valence-electron chi connectivity index (χ1n) is 4.91. The van der Waals surface area contributed by atoms with Crippen molar-refractivity contribution in [3.63, 3.8) is 0 Å². The highest BCUT2D eigenvalue weighted by Crippen LogP contribution is 2.17. The Kier molecular flexibility index (Phi) is 3.47. The number of anilines is 1. The first kappa shape index (κ1) is 12.4. The fourth-order valence-electron chi connectivity index (χ4n) is 1.08. The quantitative estimate of drug-likeness (QED) is 0.749. The van der Waals surface area contributed by atoms with E-state index < -0.39 is 17.6 Å². The van der Waals surface area contributed by atoms with Crippen LogP contribution < -0.4 is 5.32 Å². The van der Waals surface area contributed by atoms with E-state index in [1.807, 2.05) is 0 Å². The summed E-state index contributed by atoms with van der Waals surface area (Å²) in [4.78, 5) is 14.9. The van der Waals surface area contributed by atoms with Crippen molar-refractivity contribution in [2.24, 2.45) is 0 Å². The molecule has 1 amide bonds. The molecule has 0 fully saturated rings. The summed E-state index contributed by atoms with van der Waals surface area (Å²) in [5, 5.41) is 2.34. The molecule has 5 heteroatoms. The fraction of sp³-hybridized carbons (Fsp3) is 0.455. The van der Waals surface area contributed by atoms with Crippen molar-refractivity contribution in [3.8, 4) is 0 Å². The number of halogens is 1. The van der Waals surface area contributed by atoms with Gasteiger partial charge in [-0.1, -0.05) is 0 Å². The van der Waals surface area contributed by atoms with Gasteiger partial charge in [-0.25, -0.2) is 9.78 Å². The highest BCUT2D eigenvalue weighted by molar-refractivity contribution is 5.85. The summed E-state index contributed by atoms with van der Waals surface area (Å²) in [6, 6.07) is 1.61. The number of hydrogen-bond donors (Lipinski definition) is 1. The molecule has 88 valence electrons. The van der Waals surface area contributed by atoms with E-state index in [4.69, 9.17) is 4.74 Å². The van der Waals surface area contributed by atoms with Crippen LogP contribution >= 0.6 is 0 Å². The lowest BCUT2D eigenvalue weighted by atomic mass is 10.2. The zero-order chi connectivity index (χ0) is 12.3. The average molecular weight is 226 g/mol. The second-order valence-corrected chi connectivity index (χ2v) is 4.42. The van der Waals surface area contributed by atoms with Gasteiger partial charge in [0.2, 0.25) is 5.95 Å². The molecule has 0 saturated heterocycles.